The standard InChI is InChI=1S/C17H19FN2O3S/c1-12(19-17(21)10-7-13-5-3-4-6-13)14-8-9-16(15(18)11-14)20-24(2,22)23/h3-5,7-12,20H,6H2,1-2H3,(H,19,21)/b10-7+/t12-/m1/s1. The monoisotopic (exact) mass is 350 g/mol. The molecule has 2 N–H and O–H groups in total. The van der Waals surface area contributed by atoms with Crippen molar-refractivity contribution in [3.8, 4) is 0 Å². The number of hydrogen-bond acceptors (Lipinski definition) is 3. The first-order valence-corrected chi connectivity index (χ1v) is 9.25. The molecule has 1 aliphatic rings. The molecule has 0 heterocycles. The van der Waals surface area contributed by atoms with E-state index in [1.165, 1.54) is 18.2 Å². The lowest BCUT2D eigenvalue weighted by atomic mass is 10.1. The third-order valence-corrected chi connectivity index (χ3v) is 3.99. The third kappa shape index (κ3) is 5.34. The topological polar surface area (TPSA) is 75.3 Å². The van der Waals surface area contributed by atoms with Gasteiger partial charge >= 0.3 is 0 Å². The summed E-state index contributed by atoms with van der Waals surface area (Å²) in [5.41, 5.74) is 1.45. The average Bonchev–Trinajstić information content (AvgIpc) is 2.99. The first-order chi connectivity index (χ1) is 11.2. The Balaban J connectivity index is 2.00. The second-order valence-corrected chi connectivity index (χ2v) is 7.30. The SMILES string of the molecule is C[C@@H](NC(=O)/C=C/C1=CC=CC1)c1ccc(NS(C)(=O)=O)c(F)c1. The molecular weight excluding hydrogens is 331 g/mol. The number of allylic oxidation sites excluding steroid dienone is 5. The number of carbonyl (C=O) groups is 1. The summed E-state index contributed by atoms with van der Waals surface area (Å²) in [5.74, 6) is -0.981. The van der Waals surface area contributed by atoms with Gasteiger partial charge in [-0.15, -0.1) is 0 Å². The van der Waals surface area contributed by atoms with Crippen molar-refractivity contribution in [1.82, 2.24) is 5.32 Å². The molecule has 1 atom stereocenters. The van der Waals surface area contributed by atoms with Crippen LogP contribution >= 0.6 is 0 Å². The summed E-state index contributed by atoms with van der Waals surface area (Å²) < 4.78 is 38.4. The van der Waals surface area contributed by atoms with Crippen LogP contribution in [0.1, 0.15) is 24.9 Å². The Bertz CT molecular complexity index is 826. The van der Waals surface area contributed by atoms with Crippen molar-refractivity contribution in [3.05, 3.63) is 65.5 Å². The van der Waals surface area contributed by atoms with Crippen LogP contribution in [0, 0.1) is 5.82 Å². The van der Waals surface area contributed by atoms with Crippen LogP contribution in [0.3, 0.4) is 0 Å². The van der Waals surface area contributed by atoms with Crippen LogP contribution in [-0.2, 0) is 14.8 Å². The van der Waals surface area contributed by atoms with E-state index in [4.69, 9.17) is 0 Å². The van der Waals surface area contributed by atoms with Gasteiger partial charge in [0.05, 0.1) is 18.0 Å². The van der Waals surface area contributed by atoms with Crippen LogP contribution in [0.5, 0.6) is 0 Å². The van der Waals surface area contributed by atoms with E-state index >= 15 is 0 Å². The maximum Gasteiger partial charge on any atom is 0.244 e. The molecule has 0 radical (unpaired) electrons. The summed E-state index contributed by atoms with van der Waals surface area (Å²) >= 11 is 0. The Morgan fingerprint density at radius 3 is 2.71 bits per heavy atom. The minimum Gasteiger partial charge on any atom is -0.346 e. The highest BCUT2D eigenvalue weighted by Crippen LogP contribution is 2.21. The van der Waals surface area contributed by atoms with E-state index in [0.717, 1.165) is 18.2 Å². The van der Waals surface area contributed by atoms with E-state index in [9.17, 15) is 17.6 Å². The minimum absolute atomic E-state index is 0.125. The molecule has 1 amide bonds. The molecule has 0 spiro atoms. The van der Waals surface area contributed by atoms with E-state index in [2.05, 4.69) is 10.0 Å². The van der Waals surface area contributed by atoms with E-state index < -0.39 is 21.9 Å². The molecule has 0 aromatic heterocycles. The molecule has 2 rings (SSSR count). The molecule has 0 bridgehead atoms. The number of hydrogen-bond donors (Lipinski definition) is 2. The first-order valence-electron chi connectivity index (χ1n) is 7.36. The third-order valence-electron chi connectivity index (χ3n) is 3.40. The van der Waals surface area contributed by atoms with Gasteiger partial charge in [0.1, 0.15) is 5.82 Å². The Labute approximate surface area is 141 Å². The summed E-state index contributed by atoms with van der Waals surface area (Å²) in [7, 11) is -3.55. The van der Waals surface area contributed by atoms with Crippen molar-refractivity contribution in [2.24, 2.45) is 0 Å². The molecule has 1 aromatic rings. The fourth-order valence-electron chi connectivity index (χ4n) is 2.20. The zero-order valence-corrected chi connectivity index (χ0v) is 14.2. The largest absolute Gasteiger partial charge is 0.346 e. The highest BCUT2D eigenvalue weighted by atomic mass is 32.2. The van der Waals surface area contributed by atoms with Crippen LogP contribution < -0.4 is 10.0 Å². The van der Waals surface area contributed by atoms with Gasteiger partial charge in [-0.2, -0.15) is 0 Å². The van der Waals surface area contributed by atoms with E-state index in [0.29, 0.717) is 5.56 Å². The molecule has 0 aliphatic heterocycles. The van der Waals surface area contributed by atoms with E-state index in [1.807, 2.05) is 18.2 Å². The number of carbonyl (C=O) groups excluding carboxylic acids is 1. The first kappa shape index (κ1) is 17.9. The predicted molar refractivity (Wildman–Crippen MR) is 92.4 cm³/mol. The number of rotatable bonds is 6. The maximum absolute atomic E-state index is 14.0. The van der Waals surface area contributed by atoms with Gasteiger partial charge in [-0.3, -0.25) is 9.52 Å². The van der Waals surface area contributed by atoms with Crippen molar-refractivity contribution >= 4 is 21.6 Å². The maximum atomic E-state index is 14.0. The van der Waals surface area contributed by atoms with Gasteiger partial charge in [0.25, 0.3) is 0 Å². The molecule has 24 heavy (non-hydrogen) atoms. The van der Waals surface area contributed by atoms with Crippen molar-refractivity contribution in [1.29, 1.82) is 0 Å². The zero-order chi connectivity index (χ0) is 17.7. The van der Waals surface area contributed by atoms with Crippen LogP contribution in [-0.4, -0.2) is 20.6 Å². The van der Waals surface area contributed by atoms with Crippen LogP contribution in [0.2, 0.25) is 0 Å². The van der Waals surface area contributed by atoms with Gasteiger partial charge in [-0.05, 0) is 36.6 Å². The molecule has 0 unspecified atom stereocenters. The number of sulfonamides is 1. The minimum atomic E-state index is -3.55. The average molecular weight is 350 g/mol. The molecule has 5 nitrogen and oxygen atoms in total. The fourth-order valence-corrected chi connectivity index (χ4v) is 2.76. The molecule has 128 valence electrons. The molecule has 1 aliphatic carbocycles. The Morgan fingerprint density at radius 2 is 2.12 bits per heavy atom. The zero-order valence-electron chi connectivity index (χ0n) is 13.4. The van der Waals surface area contributed by atoms with Crippen molar-refractivity contribution in [2.75, 3.05) is 11.0 Å². The molecule has 0 saturated heterocycles. The Hall–Kier alpha value is -2.41. The van der Waals surface area contributed by atoms with Gasteiger partial charge < -0.3 is 5.32 Å². The lowest BCUT2D eigenvalue weighted by molar-refractivity contribution is -0.117. The highest BCUT2D eigenvalue weighted by Gasteiger charge is 2.13. The quantitative estimate of drug-likeness (QED) is 0.775. The second kappa shape index (κ2) is 7.44. The van der Waals surface area contributed by atoms with Crippen LogP contribution in [0.15, 0.2) is 54.2 Å². The van der Waals surface area contributed by atoms with Crippen molar-refractivity contribution in [2.45, 2.75) is 19.4 Å². The smallest absolute Gasteiger partial charge is 0.244 e. The Kier molecular flexibility index (Phi) is 5.56. The van der Waals surface area contributed by atoms with Crippen LogP contribution in [0.25, 0.3) is 0 Å². The van der Waals surface area contributed by atoms with Crippen LogP contribution in [0.4, 0.5) is 10.1 Å². The summed E-state index contributed by atoms with van der Waals surface area (Å²) in [5, 5.41) is 2.74. The molecular formula is C17H19FN2O3S. The summed E-state index contributed by atoms with van der Waals surface area (Å²) in [6, 6.07) is 3.68. The van der Waals surface area contributed by atoms with Gasteiger partial charge in [0, 0.05) is 6.08 Å². The predicted octanol–water partition coefficient (Wildman–Crippen LogP) is 2.82. The van der Waals surface area contributed by atoms with Crippen molar-refractivity contribution in [3.63, 3.8) is 0 Å². The molecule has 0 saturated carbocycles. The number of halogens is 1. The summed E-state index contributed by atoms with van der Waals surface area (Å²) in [6.07, 6.45) is 10.8. The highest BCUT2D eigenvalue weighted by molar-refractivity contribution is 7.92. The number of amides is 1. The number of nitrogens with one attached hydrogen (secondary N) is 2. The number of anilines is 1. The van der Waals surface area contributed by atoms with Crippen molar-refractivity contribution < 1.29 is 17.6 Å². The second-order valence-electron chi connectivity index (χ2n) is 5.55. The molecule has 0 fully saturated rings. The van der Waals surface area contributed by atoms with Gasteiger partial charge in [0.15, 0.2) is 0 Å². The molecule has 7 heteroatoms. The van der Waals surface area contributed by atoms with E-state index in [-0.39, 0.29) is 11.6 Å². The lowest BCUT2D eigenvalue weighted by Gasteiger charge is -2.14. The molecule has 1 aromatic carbocycles. The van der Waals surface area contributed by atoms with Gasteiger partial charge in [-0.25, -0.2) is 12.8 Å². The summed E-state index contributed by atoms with van der Waals surface area (Å²) in [4.78, 5) is 11.9. The Morgan fingerprint density at radius 1 is 1.38 bits per heavy atom. The number of benzene rings is 1. The fraction of sp³-hybridized carbons (Fsp3) is 0.235. The van der Waals surface area contributed by atoms with E-state index in [1.54, 1.807) is 19.1 Å². The normalized spacial score (nSPS) is 15.4. The summed E-state index contributed by atoms with van der Waals surface area (Å²) in [6.45, 7) is 1.72. The van der Waals surface area contributed by atoms with Gasteiger partial charge in [0.2, 0.25) is 15.9 Å². The lowest BCUT2D eigenvalue weighted by Crippen LogP contribution is -2.24. The van der Waals surface area contributed by atoms with Gasteiger partial charge in [-0.1, -0.05) is 30.4 Å².